The normalized spacial score (nSPS) is 19.9. The number of aromatic nitrogens is 4. The first kappa shape index (κ1) is 30.5. The number of rotatable bonds is 7. The second-order valence-corrected chi connectivity index (χ2v) is 11.9. The van der Waals surface area contributed by atoms with Gasteiger partial charge in [0.05, 0.1) is 17.4 Å². The summed E-state index contributed by atoms with van der Waals surface area (Å²) < 4.78 is 16.2. The number of hydrogen-bond donors (Lipinski definition) is 5. The zero-order chi connectivity index (χ0) is 30.8. The van der Waals surface area contributed by atoms with E-state index in [2.05, 4.69) is 20.7 Å². The highest BCUT2D eigenvalue weighted by Crippen LogP contribution is 2.40. The number of carboxylic acid groups (broad SMARTS) is 2. The second-order valence-electron chi connectivity index (χ2n) is 9.81. The van der Waals surface area contributed by atoms with Crippen molar-refractivity contribution in [2.75, 3.05) is 42.6 Å². The summed E-state index contributed by atoms with van der Waals surface area (Å²) in [6.07, 6.45) is 2.89. The van der Waals surface area contributed by atoms with Gasteiger partial charge in [0.25, 0.3) is 0 Å². The van der Waals surface area contributed by atoms with E-state index in [9.17, 15) is 28.7 Å². The number of aliphatic carboxylic acids is 1. The minimum absolute atomic E-state index is 0.0662. The Bertz CT molecular complexity index is 1660. The molecule has 1 aromatic carbocycles. The summed E-state index contributed by atoms with van der Waals surface area (Å²) in [5, 5.41) is 32.3. The van der Waals surface area contributed by atoms with E-state index in [-0.39, 0.29) is 27.9 Å². The first-order chi connectivity index (χ1) is 20.6. The zero-order valence-electron chi connectivity index (χ0n) is 22.9. The summed E-state index contributed by atoms with van der Waals surface area (Å²) in [6, 6.07) is 2.21. The Balaban J connectivity index is 0.000000173. The van der Waals surface area contributed by atoms with E-state index in [4.69, 9.17) is 10.8 Å². The molecule has 14 nitrogen and oxygen atoms in total. The van der Waals surface area contributed by atoms with Gasteiger partial charge in [0.1, 0.15) is 33.5 Å². The summed E-state index contributed by atoms with van der Waals surface area (Å²) >= 11 is 2.87. The SMILES string of the molecule is CCn1cc(C(=O)O)c(=O)c2cc(F)c(N3CCNCC3)cc21.N[C@@H]1C(=O)N2C(C(=O)O)=C(CSc3cn[nH]n3)CS[C@H]12. The molecule has 0 radical (unpaired) electrons. The van der Waals surface area contributed by atoms with Crippen molar-refractivity contribution in [3.63, 3.8) is 0 Å². The van der Waals surface area contributed by atoms with Crippen molar-refractivity contribution in [3.05, 3.63) is 57.4 Å². The van der Waals surface area contributed by atoms with E-state index in [1.807, 2.05) is 11.8 Å². The molecule has 0 saturated carbocycles. The van der Waals surface area contributed by atoms with Gasteiger partial charge in [-0.15, -0.1) is 16.9 Å². The lowest BCUT2D eigenvalue weighted by Gasteiger charge is -2.48. The summed E-state index contributed by atoms with van der Waals surface area (Å²) in [5.74, 6) is -2.22. The molecule has 2 atom stereocenters. The van der Waals surface area contributed by atoms with Crippen LogP contribution in [0.4, 0.5) is 10.1 Å². The highest BCUT2D eigenvalue weighted by molar-refractivity contribution is 8.01. The molecule has 3 aliphatic heterocycles. The Labute approximate surface area is 252 Å². The predicted octanol–water partition coefficient (Wildman–Crippen LogP) is 0.746. The number of fused-ring (bicyclic) bond motifs is 2. The van der Waals surface area contributed by atoms with Gasteiger partial charge in [-0.05, 0) is 24.6 Å². The molecule has 43 heavy (non-hydrogen) atoms. The smallest absolute Gasteiger partial charge is 0.352 e. The molecule has 3 aliphatic rings. The summed E-state index contributed by atoms with van der Waals surface area (Å²) in [4.78, 5) is 49.9. The van der Waals surface area contributed by atoms with E-state index in [0.717, 1.165) is 19.2 Å². The first-order valence-corrected chi connectivity index (χ1v) is 15.4. The monoisotopic (exact) mass is 632 g/mol. The molecule has 6 rings (SSSR count). The average molecular weight is 633 g/mol. The molecule has 228 valence electrons. The molecule has 1 amide bonds. The van der Waals surface area contributed by atoms with Crippen LogP contribution in [-0.4, -0.2) is 102 Å². The number of aromatic amines is 1. The molecule has 2 aromatic heterocycles. The number of benzene rings is 1. The number of nitrogens with two attached hydrogens (primary N) is 1. The van der Waals surface area contributed by atoms with Crippen LogP contribution in [0.25, 0.3) is 10.9 Å². The van der Waals surface area contributed by atoms with Crippen LogP contribution in [0.2, 0.25) is 0 Å². The summed E-state index contributed by atoms with van der Waals surface area (Å²) in [5.41, 5.74) is 6.46. The fourth-order valence-electron chi connectivity index (χ4n) is 5.07. The number of hydrogen-bond acceptors (Lipinski definition) is 11. The fourth-order valence-corrected chi connectivity index (χ4v) is 7.29. The van der Waals surface area contributed by atoms with Gasteiger partial charge in [-0.1, -0.05) is 11.8 Å². The maximum atomic E-state index is 14.5. The molecular formula is C26H29FN8O6S2. The van der Waals surface area contributed by atoms with E-state index in [1.165, 1.54) is 34.6 Å². The van der Waals surface area contributed by atoms with E-state index in [1.54, 1.807) is 16.8 Å². The second kappa shape index (κ2) is 12.7. The van der Waals surface area contributed by atoms with E-state index >= 15 is 0 Å². The molecule has 2 saturated heterocycles. The Morgan fingerprint density at radius 2 is 1.95 bits per heavy atom. The fraction of sp³-hybridized carbons (Fsp3) is 0.385. The highest BCUT2D eigenvalue weighted by Gasteiger charge is 2.51. The first-order valence-electron chi connectivity index (χ1n) is 13.3. The number of aromatic carboxylic acids is 1. The highest BCUT2D eigenvalue weighted by atomic mass is 32.2. The number of nitrogens with one attached hydrogen (secondary N) is 2. The van der Waals surface area contributed by atoms with E-state index < -0.39 is 29.2 Å². The largest absolute Gasteiger partial charge is 0.477 e. The quantitative estimate of drug-likeness (QED) is 0.181. The number of carbonyl (C=O) groups excluding carboxylic acids is 1. The molecule has 3 aromatic rings. The summed E-state index contributed by atoms with van der Waals surface area (Å²) in [6.45, 7) is 5.26. The minimum atomic E-state index is -1.30. The number of pyridine rings is 1. The molecule has 5 heterocycles. The lowest BCUT2D eigenvalue weighted by Crippen LogP contribution is -2.68. The molecule has 6 N–H and O–H groups in total. The number of aryl methyl sites for hydroxylation is 1. The number of anilines is 1. The van der Waals surface area contributed by atoms with Crippen LogP contribution in [0.15, 0.2) is 45.6 Å². The zero-order valence-corrected chi connectivity index (χ0v) is 24.6. The third-order valence-electron chi connectivity index (χ3n) is 7.26. The van der Waals surface area contributed by atoms with Crippen molar-refractivity contribution in [3.8, 4) is 0 Å². The number of carboxylic acids is 2. The van der Waals surface area contributed by atoms with Crippen LogP contribution in [0.5, 0.6) is 0 Å². The van der Waals surface area contributed by atoms with Crippen LogP contribution in [0, 0.1) is 5.82 Å². The lowest BCUT2D eigenvalue weighted by molar-refractivity contribution is -0.147. The Kier molecular flexibility index (Phi) is 9.05. The molecule has 2 fully saturated rings. The standard InChI is InChI=1S/C16H18FN3O3.C10H11N5O3S2/c1-2-19-9-11(16(22)23)15(21)10-7-12(17)14(8-13(10)19)20-5-3-18-4-6-20;11-6-8(16)15-7(10(17)18)4(3-20-9(6)15)2-19-5-1-12-14-13-5/h7-9,18H,2-6H2,1H3,(H,22,23);1,6,9H,2-3,11H2,(H,17,18)(H,12,13,14)/t;6-,9-/m.1/s1. The summed E-state index contributed by atoms with van der Waals surface area (Å²) in [7, 11) is 0. The Morgan fingerprint density at radius 1 is 1.21 bits per heavy atom. The maximum Gasteiger partial charge on any atom is 0.352 e. The van der Waals surface area contributed by atoms with Crippen molar-refractivity contribution in [2.45, 2.75) is 29.9 Å². The molecule has 0 spiro atoms. The van der Waals surface area contributed by atoms with Crippen LogP contribution in [-0.2, 0) is 16.1 Å². The van der Waals surface area contributed by atoms with Crippen molar-refractivity contribution >= 4 is 58.0 Å². The van der Waals surface area contributed by atoms with Crippen LogP contribution < -0.4 is 21.4 Å². The van der Waals surface area contributed by atoms with Crippen LogP contribution >= 0.6 is 23.5 Å². The van der Waals surface area contributed by atoms with Crippen LogP contribution in [0.3, 0.4) is 0 Å². The van der Waals surface area contributed by atoms with Gasteiger partial charge in [-0.25, -0.2) is 14.0 Å². The number of amides is 1. The van der Waals surface area contributed by atoms with Gasteiger partial charge in [-0.3, -0.25) is 14.5 Å². The minimum Gasteiger partial charge on any atom is -0.477 e. The van der Waals surface area contributed by atoms with Gasteiger partial charge in [0.2, 0.25) is 11.3 Å². The topological polar surface area (TPSA) is 200 Å². The predicted molar refractivity (Wildman–Crippen MR) is 159 cm³/mol. The number of H-pyrrole nitrogens is 1. The third-order valence-corrected chi connectivity index (χ3v) is 9.60. The van der Waals surface area contributed by atoms with Crippen molar-refractivity contribution in [1.29, 1.82) is 0 Å². The van der Waals surface area contributed by atoms with Crippen LogP contribution in [0.1, 0.15) is 17.3 Å². The number of β-lactam (4-membered cyclic amide) rings is 1. The van der Waals surface area contributed by atoms with Gasteiger partial charge >= 0.3 is 11.9 Å². The van der Waals surface area contributed by atoms with Gasteiger partial charge < -0.3 is 30.7 Å². The van der Waals surface area contributed by atoms with Gasteiger partial charge in [-0.2, -0.15) is 10.3 Å². The van der Waals surface area contributed by atoms with Crippen molar-refractivity contribution in [1.82, 2.24) is 30.2 Å². The number of thioether (sulfide) groups is 2. The number of nitrogens with zero attached hydrogens (tertiary/aromatic N) is 5. The number of halogens is 1. The maximum absolute atomic E-state index is 14.5. The molecule has 0 unspecified atom stereocenters. The average Bonchev–Trinajstić information content (AvgIpc) is 3.53. The molecule has 0 aliphatic carbocycles. The van der Waals surface area contributed by atoms with Gasteiger partial charge in [0.15, 0.2) is 0 Å². The Hall–Kier alpha value is -3.93. The van der Waals surface area contributed by atoms with Crippen molar-refractivity contribution < 1.29 is 29.0 Å². The van der Waals surface area contributed by atoms with E-state index in [0.29, 0.717) is 52.9 Å². The molecule has 17 heteroatoms. The molecular weight excluding hydrogens is 603 g/mol. The Morgan fingerprint density at radius 3 is 2.58 bits per heavy atom. The lowest BCUT2D eigenvalue weighted by atomic mass is 10.0. The third kappa shape index (κ3) is 5.97. The van der Waals surface area contributed by atoms with Crippen molar-refractivity contribution in [2.24, 2.45) is 5.73 Å². The number of carbonyl (C=O) groups is 3. The molecule has 0 bridgehead atoms. The number of piperazine rings is 1. The van der Waals surface area contributed by atoms with Gasteiger partial charge in [0, 0.05) is 55.8 Å².